The van der Waals surface area contributed by atoms with Gasteiger partial charge in [0.15, 0.2) is 6.10 Å². The van der Waals surface area contributed by atoms with Crippen LogP contribution in [0.25, 0.3) is 0 Å². The first-order chi connectivity index (χ1) is 8.31. The first-order valence-corrected chi connectivity index (χ1v) is 6.02. The van der Waals surface area contributed by atoms with Gasteiger partial charge >= 0.3 is 0 Å². The van der Waals surface area contributed by atoms with Gasteiger partial charge in [-0.3, -0.25) is 0 Å². The van der Waals surface area contributed by atoms with Gasteiger partial charge in [-0.15, -0.1) is 11.6 Å². The molecule has 0 spiro atoms. The minimum absolute atomic E-state index is 0.0898. The van der Waals surface area contributed by atoms with Crippen LogP contribution in [-0.4, -0.2) is 29.4 Å². The Balaban J connectivity index is 2.39. The van der Waals surface area contributed by atoms with Gasteiger partial charge in [-0.05, 0) is 11.1 Å². The Morgan fingerprint density at radius 3 is 2.82 bits per heavy atom. The summed E-state index contributed by atoms with van der Waals surface area (Å²) in [6.07, 6.45) is -0.364. The van der Waals surface area contributed by atoms with Crippen molar-refractivity contribution in [1.29, 1.82) is 0 Å². The van der Waals surface area contributed by atoms with E-state index in [0.717, 1.165) is 16.8 Å². The van der Waals surface area contributed by atoms with Crippen molar-refractivity contribution in [3.8, 4) is 0 Å². The van der Waals surface area contributed by atoms with Crippen molar-refractivity contribution >= 4 is 17.3 Å². The lowest BCUT2D eigenvalue weighted by Gasteiger charge is -2.19. The van der Waals surface area contributed by atoms with E-state index in [-0.39, 0.29) is 18.6 Å². The fraction of sp³-hybridized carbons (Fsp3) is 0.417. The van der Waals surface area contributed by atoms with Gasteiger partial charge in [0.05, 0.1) is 24.1 Å². The van der Waals surface area contributed by atoms with Crippen LogP contribution in [0.5, 0.6) is 0 Å². The van der Waals surface area contributed by atoms with Gasteiger partial charge in [-0.2, -0.15) is 0 Å². The van der Waals surface area contributed by atoms with E-state index in [1.165, 1.54) is 0 Å². The number of nitrogens with zero attached hydrogens (tertiary/aromatic N) is 1. The Kier molecular flexibility index (Phi) is 3.99. The van der Waals surface area contributed by atoms with Crippen molar-refractivity contribution in [1.82, 2.24) is 0 Å². The lowest BCUT2D eigenvalue weighted by Crippen LogP contribution is -2.26. The number of benzene rings is 1. The first kappa shape index (κ1) is 12.4. The van der Waals surface area contributed by atoms with E-state index in [1.807, 2.05) is 24.3 Å². The average molecular weight is 255 g/mol. The van der Waals surface area contributed by atoms with Crippen molar-refractivity contribution < 1.29 is 9.94 Å². The number of halogens is 1. The van der Waals surface area contributed by atoms with Crippen LogP contribution in [0.1, 0.15) is 17.0 Å². The van der Waals surface area contributed by atoms with Crippen LogP contribution in [0, 0.1) is 0 Å². The minimum Gasteiger partial charge on any atom is -0.392 e. The van der Waals surface area contributed by atoms with Gasteiger partial charge in [0, 0.05) is 6.54 Å². The maximum absolute atomic E-state index is 9.30. The van der Waals surface area contributed by atoms with Gasteiger partial charge in [0.25, 0.3) is 0 Å². The molecule has 92 valence electrons. The highest BCUT2D eigenvalue weighted by Gasteiger charge is 2.35. The monoisotopic (exact) mass is 254 g/mol. The van der Waals surface area contributed by atoms with Crippen LogP contribution in [0.2, 0.25) is 0 Å². The maximum Gasteiger partial charge on any atom is 0.162 e. The summed E-state index contributed by atoms with van der Waals surface area (Å²) in [5, 5.41) is 13.2. The summed E-state index contributed by atoms with van der Waals surface area (Å²) < 4.78 is 0. The fourth-order valence-corrected chi connectivity index (χ4v) is 2.33. The van der Waals surface area contributed by atoms with Gasteiger partial charge < -0.3 is 15.7 Å². The number of nitrogens with two attached hydrogens (primary N) is 1. The standard InChI is InChI=1S/C12H15ClN2O2/c13-5-10-12(11(7-16)17-15-10)9-4-2-1-3-8(9)6-14/h1-4,11-12,16H,5-7,14H2. The number of aliphatic hydroxyl groups excluding tert-OH is 1. The fourth-order valence-electron chi connectivity index (χ4n) is 2.12. The van der Waals surface area contributed by atoms with E-state index >= 15 is 0 Å². The van der Waals surface area contributed by atoms with Gasteiger partial charge in [-0.25, -0.2) is 0 Å². The van der Waals surface area contributed by atoms with E-state index in [9.17, 15) is 5.11 Å². The molecule has 0 amide bonds. The SMILES string of the molecule is NCc1ccccc1C1C(CCl)=NOC1CO. The second-order valence-electron chi connectivity index (χ2n) is 3.92. The number of alkyl halides is 1. The Labute approximate surface area is 105 Å². The van der Waals surface area contributed by atoms with E-state index in [4.69, 9.17) is 22.2 Å². The van der Waals surface area contributed by atoms with E-state index in [1.54, 1.807) is 0 Å². The Bertz CT molecular complexity index is 423. The smallest absolute Gasteiger partial charge is 0.162 e. The largest absolute Gasteiger partial charge is 0.392 e. The van der Waals surface area contributed by atoms with Crippen LogP contribution in [0.4, 0.5) is 0 Å². The van der Waals surface area contributed by atoms with Crippen molar-refractivity contribution in [2.75, 3.05) is 12.5 Å². The van der Waals surface area contributed by atoms with Crippen LogP contribution >= 0.6 is 11.6 Å². The molecule has 2 atom stereocenters. The highest BCUT2D eigenvalue weighted by Crippen LogP contribution is 2.31. The van der Waals surface area contributed by atoms with E-state index in [2.05, 4.69) is 5.16 Å². The predicted octanol–water partition coefficient (Wildman–Crippen LogP) is 1.21. The summed E-state index contributed by atoms with van der Waals surface area (Å²) in [7, 11) is 0. The number of oxime groups is 1. The van der Waals surface area contributed by atoms with E-state index < -0.39 is 0 Å². The molecule has 1 aromatic carbocycles. The molecule has 1 heterocycles. The van der Waals surface area contributed by atoms with E-state index in [0.29, 0.717) is 12.4 Å². The predicted molar refractivity (Wildman–Crippen MR) is 67.2 cm³/mol. The van der Waals surface area contributed by atoms with Crippen LogP contribution in [0.15, 0.2) is 29.4 Å². The Hall–Kier alpha value is -1.10. The summed E-state index contributed by atoms with van der Waals surface area (Å²) in [6, 6.07) is 7.82. The molecule has 4 nitrogen and oxygen atoms in total. The van der Waals surface area contributed by atoms with Crippen molar-refractivity contribution in [2.45, 2.75) is 18.6 Å². The highest BCUT2D eigenvalue weighted by molar-refractivity contribution is 6.29. The molecule has 17 heavy (non-hydrogen) atoms. The quantitative estimate of drug-likeness (QED) is 0.794. The normalized spacial score (nSPS) is 23.4. The summed E-state index contributed by atoms with van der Waals surface area (Å²) in [4.78, 5) is 5.18. The second kappa shape index (κ2) is 5.49. The molecular weight excluding hydrogens is 240 g/mol. The number of rotatable bonds is 4. The highest BCUT2D eigenvalue weighted by atomic mass is 35.5. The molecule has 1 aromatic rings. The molecule has 0 saturated heterocycles. The maximum atomic E-state index is 9.30. The lowest BCUT2D eigenvalue weighted by molar-refractivity contribution is 0.0306. The molecule has 1 aliphatic heterocycles. The van der Waals surface area contributed by atoms with Crippen LogP contribution in [0.3, 0.4) is 0 Å². The third-order valence-corrected chi connectivity index (χ3v) is 3.24. The molecule has 0 aromatic heterocycles. The average Bonchev–Trinajstić information content (AvgIpc) is 2.81. The minimum atomic E-state index is -0.364. The summed E-state index contributed by atoms with van der Waals surface area (Å²) in [5.74, 6) is 0.192. The third-order valence-electron chi connectivity index (χ3n) is 2.96. The molecule has 5 heteroatoms. The van der Waals surface area contributed by atoms with Gasteiger partial charge in [0.2, 0.25) is 0 Å². The summed E-state index contributed by atoms with van der Waals surface area (Å²) in [5.41, 5.74) is 8.52. The molecule has 0 bridgehead atoms. The Morgan fingerprint density at radius 1 is 1.41 bits per heavy atom. The molecule has 1 aliphatic rings. The molecular formula is C12H15ClN2O2. The molecule has 3 N–H and O–H groups in total. The zero-order valence-electron chi connectivity index (χ0n) is 9.34. The number of hydrogen-bond donors (Lipinski definition) is 2. The zero-order valence-corrected chi connectivity index (χ0v) is 10.1. The van der Waals surface area contributed by atoms with Gasteiger partial charge in [-0.1, -0.05) is 29.4 Å². The molecule has 2 rings (SSSR count). The molecule has 0 saturated carbocycles. The van der Waals surface area contributed by atoms with Crippen molar-refractivity contribution in [2.24, 2.45) is 10.9 Å². The summed E-state index contributed by atoms with van der Waals surface area (Å²) in [6.45, 7) is 0.355. The lowest BCUT2D eigenvalue weighted by atomic mass is 9.87. The number of aliphatic hydroxyl groups is 1. The van der Waals surface area contributed by atoms with Crippen LogP contribution < -0.4 is 5.73 Å². The van der Waals surface area contributed by atoms with Gasteiger partial charge in [0.1, 0.15) is 0 Å². The topological polar surface area (TPSA) is 67.8 Å². The number of hydrogen-bond acceptors (Lipinski definition) is 4. The molecule has 0 radical (unpaired) electrons. The Morgan fingerprint density at radius 2 is 2.18 bits per heavy atom. The third kappa shape index (κ3) is 2.29. The second-order valence-corrected chi connectivity index (χ2v) is 4.19. The van der Waals surface area contributed by atoms with Crippen molar-refractivity contribution in [3.05, 3.63) is 35.4 Å². The molecule has 0 fully saturated rings. The molecule has 0 aliphatic carbocycles. The zero-order chi connectivity index (χ0) is 12.3. The van der Waals surface area contributed by atoms with Crippen LogP contribution in [-0.2, 0) is 11.4 Å². The first-order valence-electron chi connectivity index (χ1n) is 5.49. The van der Waals surface area contributed by atoms with Crippen molar-refractivity contribution in [3.63, 3.8) is 0 Å². The molecule has 2 unspecified atom stereocenters. The summed E-state index contributed by atoms with van der Waals surface area (Å²) >= 11 is 5.85.